The van der Waals surface area contributed by atoms with Crippen LogP contribution in [-0.2, 0) is 14.8 Å². The van der Waals surface area contributed by atoms with Crippen LogP contribution in [-0.4, -0.2) is 38.6 Å². The van der Waals surface area contributed by atoms with E-state index < -0.39 is 10.0 Å². The van der Waals surface area contributed by atoms with Gasteiger partial charge in [0.25, 0.3) is 0 Å². The molecule has 14 heavy (non-hydrogen) atoms. The van der Waals surface area contributed by atoms with Crippen molar-refractivity contribution in [2.24, 2.45) is 11.1 Å². The summed E-state index contributed by atoms with van der Waals surface area (Å²) < 4.78 is 21.2. The molecule has 0 atom stereocenters. The highest BCUT2D eigenvalue weighted by molar-refractivity contribution is 7.89. The van der Waals surface area contributed by atoms with Crippen molar-refractivity contribution in [3.63, 3.8) is 0 Å². The predicted molar refractivity (Wildman–Crippen MR) is 55.1 cm³/mol. The number of amides is 1. The molecule has 0 aliphatic rings. The highest BCUT2D eigenvalue weighted by Gasteiger charge is 2.13. The predicted octanol–water partition coefficient (Wildman–Crippen LogP) is -0.221. The molecular weight excluding hydrogens is 204 g/mol. The number of hydrogen-bond acceptors (Lipinski definition) is 3. The molecule has 2 N–H and O–H groups in total. The fourth-order valence-electron chi connectivity index (χ4n) is 1.05. The molecule has 0 aliphatic carbocycles. The van der Waals surface area contributed by atoms with Crippen molar-refractivity contribution >= 4 is 15.9 Å². The van der Waals surface area contributed by atoms with Crippen LogP contribution in [0.5, 0.6) is 0 Å². The number of nitrogens with two attached hydrogens (primary N) is 1. The van der Waals surface area contributed by atoms with Gasteiger partial charge >= 0.3 is 0 Å². The SMILES string of the molecule is CC(C)C(=O)N(C)CCCS(N)(=O)=O. The fourth-order valence-corrected chi connectivity index (χ4v) is 1.59. The highest BCUT2D eigenvalue weighted by Crippen LogP contribution is 2.00. The van der Waals surface area contributed by atoms with Gasteiger partial charge in [-0.25, -0.2) is 13.6 Å². The van der Waals surface area contributed by atoms with E-state index in [1.807, 2.05) is 0 Å². The number of nitrogens with zero attached hydrogens (tertiary/aromatic N) is 1. The van der Waals surface area contributed by atoms with Crippen molar-refractivity contribution in [3.05, 3.63) is 0 Å². The lowest BCUT2D eigenvalue weighted by atomic mass is 10.2. The first-order chi connectivity index (χ1) is 6.24. The fraction of sp³-hybridized carbons (Fsp3) is 0.875. The average Bonchev–Trinajstić information content (AvgIpc) is 2.00. The third kappa shape index (κ3) is 5.93. The minimum Gasteiger partial charge on any atom is -0.346 e. The van der Waals surface area contributed by atoms with E-state index in [1.165, 1.54) is 4.90 Å². The highest BCUT2D eigenvalue weighted by atomic mass is 32.2. The van der Waals surface area contributed by atoms with E-state index in [0.29, 0.717) is 13.0 Å². The minimum atomic E-state index is -3.40. The van der Waals surface area contributed by atoms with Crippen LogP contribution in [0.15, 0.2) is 0 Å². The van der Waals surface area contributed by atoms with Crippen LogP contribution >= 0.6 is 0 Å². The Balaban J connectivity index is 3.86. The Bertz CT molecular complexity index is 285. The standard InChI is InChI=1S/C8H18N2O3S/c1-7(2)8(11)10(3)5-4-6-14(9,12)13/h7H,4-6H2,1-3H3,(H2,9,12,13). The largest absolute Gasteiger partial charge is 0.346 e. The molecule has 0 spiro atoms. The first kappa shape index (κ1) is 13.4. The molecule has 0 radical (unpaired) electrons. The molecule has 1 amide bonds. The maximum Gasteiger partial charge on any atom is 0.224 e. The molecule has 0 rings (SSSR count). The lowest BCUT2D eigenvalue weighted by Crippen LogP contribution is -2.32. The maximum absolute atomic E-state index is 11.3. The van der Waals surface area contributed by atoms with Crippen LogP contribution in [0.2, 0.25) is 0 Å². The smallest absolute Gasteiger partial charge is 0.224 e. The first-order valence-electron chi connectivity index (χ1n) is 4.49. The van der Waals surface area contributed by atoms with Crippen LogP contribution in [0.25, 0.3) is 0 Å². The van der Waals surface area contributed by atoms with Gasteiger partial charge in [0.05, 0.1) is 5.75 Å². The normalized spacial score (nSPS) is 11.8. The number of hydrogen-bond donors (Lipinski definition) is 1. The lowest BCUT2D eigenvalue weighted by molar-refractivity contribution is -0.133. The zero-order chi connectivity index (χ0) is 11.4. The quantitative estimate of drug-likeness (QED) is 0.698. The lowest BCUT2D eigenvalue weighted by Gasteiger charge is -2.18. The molecule has 0 saturated heterocycles. The Labute approximate surface area is 85.3 Å². The van der Waals surface area contributed by atoms with Gasteiger partial charge in [-0.15, -0.1) is 0 Å². The number of sulfonamides is 1. The summed E-state index contributed by atoms with van der Waals surface area (Å²) in [5.41, 5.74) is 0. The summed E-state index contributed by atoms with van der Waals surface area (Å²) in [5, 5.41) is 4.83. The first-order valence-corrected chi connectivity index (χ1v) is 6.21. The van der Waals surface area contributed by atoms with Gasteiger partial charge in [-0.1, -0.05) is 13.8 Å². The van der Waals surface area contributed by atoms with Crippen molar-refractivity contribution in [2.45, 2.75) is 20.3 Å². The van der Waals surface area contributed by atoms with Gasteiger partial charge in [-0.3, -0.25) is 4.79 Å². The Kier molecular flexibility index (Phi) is 5.07. The van der Waals surface area contributed by atoms with Crippen molar-refractivity contribution in [3.8, 4) is 0 Å². The molecule has 84 valence electrons. The van der Waals surface area contributed by atoms with Gasteiger partial charge < -0.3 is 4.90 Å². The summed E-state index contributed by atoms with van der Waals surface area (Å²) >= 11 is 0. The Hall–Kier alpha value is -0.620. The number of rotatable bonds is 5. The van der Waals surface area contributed by atoms with Crippen LogP contribution in [0.3, 0.4) is 0 Å². The van der Waals surface area contributed by atoms with Gasteiger partial charge in [-0.05, 0) is 6.42 Å². The Morgan fingerprint density at radius 3 is 2.29 bits per heavy atom. The average molecular weight is 222 g/mol. The summed E-state index contributed by atoms with van der Waals surface area (Å²) in [4.78, 5) is 12.9. The van der Waals surface area contributed by atoms with E-state index in [2.05, 4.69) is 0 Å². The van der Waals surface area contributed by atoms with E-state index >= 15 is 0 Å². The number of carbonyl (C=O) groups is 1. The second-order valence-corrected chi connectivity index (χ2v) is 5.37. The van der Waals surface area contributed by atoms with Gasteiger partial charge in [-0.2, -0.15) is 0 Å². The molecule has 6 heteroatoms. The number of carbonyl (C=O) groups excluding carboxylic acids is 1. The monoisotopic (exact) mass is 222 g/mol. The van der Waals surface area contributed by atoms with Gasteiger partial charge in [0.15, 0.2) is 0 Å². The topological polar surface area (TPSA) is 80.5 Å². The van der Waals surface area contributed by atoms with Crippen molar-refractivity contribution in [1.29, 1.82) is 0 Å². The molecule has 0 bridgehead atoms. The van der Waals surface area contributed by atoms with Crippen LogP contribution in [0.1, 0.15) is 20.3 Å². The maximum atomic E-state index is 11.3. The molecule has 0 unspecified atom stereocenters. The Morgan fingerprint density at radius 2 is 1.93 bits per heavy atom. The van der Waals surface area contributed by atoms with E-state index in [4.69, 9.17) is 5.14 Å². The number of primary sulfonamides is 1. The van der Waals surface area contributed by atoms with E-state index in [0.717, 1.165) is 0 Å². The van der Waals surface area contributed by atoms with E-state index in [-0.39, 0.29) is 17.6 Å². The minimum absolute atomic E-state index is 0.0134. The second kappa shape index (κ2) is 5.31. The van der Waals surface area contributed by atoms with E-state index in [9.17, 15) is 13.2 Å². The summed E-state index contributed by atoms with van der Waals surface area (Å²) in [6, 6.07) is 0. The summed E-state index contributed by atoms with van der Waals surface area (Å²) in [7, 11) is -1.75. The molecular formula is C8H18N2O3S. The molecule has 0 aromatic carbocycles. The molecule has 0 saturated carbocycles. The van der Waals surface area contributed by atoms with Crippen molar-refractivity contribution in [2.75, 3.05) is 19.3 Å². The molecule has 5 nitrogen and oxygen atoms in total. The van der Waals surface area contributed by atoms with Crippen LogP contribution in [0, 0.1) is 5.92 Å². The third-order valence-electron chi connectivity index (χ3n) is 1.79. The zero-order valence-corrected chi connectivity index (χ0v) is 9.67. The molecule has 0 heterocycles. The molecule has 0 aliphatic heterocycles. The van der Waals surface area contributed by atoms with Gasteiger partial charge in [0, 0.05) is 19.5 Å². The van der Waals surface area contributed by atoms with Crippen molar-refractivity contribution < 1.29 is 13.2 Å². The van der Waals surface area contributed by atoms with Gasteiger partial charge in [0.2, 0.25) is 15.9 Å². The third-order valence-corrected chi connectivity index (χ3v) is 2.65. The molecule has 0 aromatic heterocycles. The van der Waals surface area contributed by atoms with Crippen LogP contribution < -0.4 is 5.14 Å². The van der Waals surface area contributed by atoms with Gasteiger partial charge in [0.1, 0.15) is 0 Å². The van der Waals surface area contributed by atoms with E-state index in [1.54, 1.807) is 20.9 Å². The molecule has 0 fully saturated rings. The van der Waals surface area contributed by atoms with Crippen LogP contribution in [0.4, 0.5) is 0 Å². The van der Waals surface area contributed by atoms with Crippen molar-refractivity contribution in [1.82, 2.24) is 4.90 Å². The summed E-state index contributed by atoms with van der Waals surface area (Å²) in [5.74, 6) is -0.128. The summed E-state index contributed by atoms with van der Waals surface area (Å²) in [6.45, 7) is 4.03. The Morgan fingerprint density at radius 1 is 1.43 bits per heavy atom. The summed E-state index contributed by atoms with van der Waals surface area (Å²) in [6.07, 6.45) is 0.383. The second-order valence-electron chi connectivity index (χ2n) is 3.64. The zero-order valence-electron chi connectivity index (χ0n) is 8.86. The molecule has 0 aromatic rings.